The van der Waals surface area contributed by atoms with Crippen molar-refractivity contribution in [2.45, 2.75) is 31.7 Å². The van der Waals surface area contributed by atoms with E-state index in [9.17, 15) is 4.39 Å². The van der Waals surface area contributed by atoms with E-state index in [1.54, 1.807) is 12.1 Å². The third kappa shape index (κ3) is 2.50. The van der Waals surface area contributed by atoms with Crippen LogP contribution in [0, 0.1) is 5.82 Å². The van der Waals surface area contributed by atoms with Crippen molar-refractivity contribution in [1.29, 1.82) is 0 Å². The Hall–Kier alpha value is -1.35. The summed E-state index contributed by atoms with van der Waals surface area (Å²) in [5.74, 6) is 0.0198. The summed E-state index contributed by atoms with van der Waals surface area (Å²) in [6.45, 7) is 2.03. The van der Waals surface area contributed by atoms with Crippen LogP contribution in [-0.4, -0.2) is 12.6 Å². The van der Waals surface area contributed by atoms with E-state index < -0.39 is 0 Å². The van der Waals surface area contributed by atoms with Crippen LogP contribution in [0.5, 0.6) is 5.75 Å². The van der Waals surface area contributed by atoms with E-state index in [0.29, 0.717) is 11.3 Å². The number of methoxy groups -OCH3 is 1. The Kier molecular flexibility index (Phi) is 3.20. The molecule has 2 N–H and O–H groups in total. The quantitative estimate of drug-likeness (QED) is 0.854. The van der Waals surface area contributed by atoms with Crippen LogP contribution < -0.4 is 10.5 Å². The topological polar surface area (TPSA) is 35.2 Å². The minimum absolute atomic E-state index is 0.154. The first-order chi connectivity index (χ1) is 8.03. The summed E-state index contributed by atoms with van der Waals surface area (Å²) in [5, 5.41) is 0. The molecule has 0 saturated carbocycles. The van der Waals surface area contributed by atoms with Gasteiger partial charge in [0.15, 0.2) is 11.6 Å². The number of halogens is 1. The first-order valence-corrected chi connectivity index (χ1v) is 5.84. The zero-order valence-electron chi connectivity index (χ0n) is 10.3. The molecule has 2 rings (SSSR count). The van der Waals surface area contributed by atoms with Crippen LogP contribution in [0.1, 0.15) is 31.7 Å². The van der Waals surface area contributed by atoms with E-state index in [4.69, 9.17) is 10.5 Å². The Labute approximate surface area is 101 Å². The highest BCUT2D eigenvalue weighted by Crippen LogP contribution is 2.34. The lowest BCUT2D eigenvalue weighted by Crippen LogP contribution is -2.37. The molecule has 1 unspecified atom stereocenters. The average molecular weight is 235 g/mol. The molecule has 0 heterocycles. The van der Waals surface area contributed by atoms with Gasteiger partial charge in [0.05, 0.1) is 7.11 Å². The smallest absolute Gasteiger partial charge is 0.172 e. The van der Waals surface area contributed by atoms with E-state index in [1.807, 2.05) is 19.1 Å². The van der Waals surface area contributed by atoms with Gasteiger partial charge in [-0.3, -0.25) is 0 Å². The lowest BCUT2D eigenvalue weighted by atomic mass is 9.82. The summed E-state index contributed by atoms with van der Waals surface area (Å²) < 4.78 is 19.0. The predicted octanol–water partition coefficient (Wildman–Crippen LogP) is 3.12. The second-order valence-corrected chi connectivity index (χ2v) is 4.91. The molecule has 3 heteroatoms. The monoisotopic (exact) mass is 235 g/mol. The van der Waals surface area contributed by atoms with Crippen LogP contribution >= 0.6 is 0 Å². The largest absolute Gasteiger partial charge is 0.494 e. The normalized spacial score (nSPS) is 24.4. The molecular weight excluding hydrogens is 217 g/mol. The molecule has 0 amide bonds. The van der Waals surface area contributed by atoms with Crippen molar-refractivity contribution in [2.24, 2.45) is 5.73 Å². The van der Waals surface area contributed by atoms with Gasteiger partial charge in [-0.2, -0.15) is 0 Å². The van der Waals surface area contributed by atoms with E-state index in [-0.39, 0.29) is 11.4 Å². The number of rotatable bonds is 2. The van der Waals surface area contributed by atoms with Gasteiger partial charge in [0.1, 0.15) is 0 Å². The molecule has 92 valence electrons. The fourth-order valence-electron chi connectivity index (χ4n) is 2.14. The Bertz CT molecular complexity index is 452. The van der Waals surface area contributed by atoms with Gasteiger partial charge in [-0.15, -0.1) is 0 Å². The fraction of sp³-hybridized carbons (Fsp3) is 0.429. The molecule has 1 aromatic carbocycles. The zero-order valence-corrected chi connectivity index (χ0v) is 10.3. The van der Waals surface area contributed by atoms with Gasteiger partial charge in [0, 0.05) is 11.1 Å². The minimum atomic E-state index is -0.276. The van der Waals surface area contributed by atoms with Gasteiger partial charge in [0.25, 0.3) is 0 Å². The summed E-state index contributed by atoms with van der Waals surface area (Å²) >= 11 is 0. The number of hydrogen-bond acceptors (Lipinski definition) is 2. The lowest BCUT2D eigenvalue weighted by Gasteiger charge is -2.28. The predicted molar refractivity (Wildman–Crippen MR) is 67.4 cm³/mol. The maximum Gasteiger partial charge on any atom is 0.172 e. The van der Waals surface area contributed by atoms with Crippen molar-refractivity contribution in [2.75, 3.05) is 7.11 Å². The molecule has 1 atom stereocenters. The second kappa shape index (κ2) is 4.49. The highest BCUT2D eigenvalue weighted by atomic mass is 19.1. The van der Waals surface area contributed by atoms with Crippen molar-refractivity contribution < 1.29 is 9.13 Å². The van der Waals surface area contributed by atoms with Crippen molar-refractivity contribution >= 4 is 5.57 Å². The molecule has 0 aromatic heterocycles. The third-order valence-corrected chi connectivity index (χ3v) is 3.31. The van der Waals surface area contributed by atoms with Crippen LogP contribution in [0.15, 0.2) is 24.3 Å². The molecule has 1 aliphatic carbocycles. The number of benzene rings is 1. The molecule has 17 heavy (non-hydrogen) atoms. The third-order valence-electron chi connectivity index (χ3n) is 3.31. The van der Waals surface area contributed by atoms with Crippen molar-refractivity contribution in [3.05, 3.63) is 35.7 Å². The minimum Gasteiger partial charge on any atom is -0.494 e. The summed E-state index contributed by atoms with van der Waals surface area (Å²) in [6, 6.07) is 5.24. The van der Waals surface area contributed by atoms with E-state index in [2.05, 4.69) is 0 Å². The summed E-state index contributed by atoms with van der Waals surface area (Å²) in [5.41, 5.74) is 7.57. The number of allylic oxidation sites excluding steroid dienone is 1. The van der Waals surface area contributed by atoms with Gasteiger partial charge < -0.3 is 10.5 Å². The van der Waals surface area contributed by atoms with Crippen LogP contribution in [-0.2, 0) is 0 Å². The highest BCUT2D eigenvalue weighted by Gasteiger charge is 2.24. The van der Waals surface area contributed by atoms with E-state index in [0.717, 1.165) is 24.8 Å². The van der Waals surface area contributed by atoms with Crippen LogP contribution in [0.25, 0.3) is 5.57 Å². The van der Waals surface area contributed by atoms with Crippen molar-refractivity contribution in [1.82, 2.24) is 0 Å². The first-order valence-electron chi connectivity index (χ1n) is 5.84. The number of ether oxygens (including phenoxy) is 1. The highest BCUT2D eigenvalue weighted by molar-refractivity contribution is 5.68. The van der Waals surface area contributed by atoms with Gasteiger partial charge in [-0.05, 0) is 37.8 Å². The van der Waals surface area contributed by atoms with Crippen LogP contribution in [0.4, 0.5) is 4.39 Å². The van der Waals surface area contributed by atoms with Gasteiger partial charge in [-0.1, -0.05) is 18.2 Å². The molecule has 1 aliphatic rings. The van der Waals surface area contributed by atoms with Crippen molar-refractivity contribution in [3.8, 4) is 5.75 Å². The summed E-state index contributed by atoms with van der Waals surface area (Å²) in [7, 11) is 1.48. The zero-order chi connectivity index (χ0) is 12.5. The molecule has 0 radical (unpaired) electrons. The summed E-state index contributed by atoms with van der Waals surface area (Å²) in [4.78, 5) is 0. The van der Waals surface area contributed by atoms with Gasteiger partial charge in [-0.25, -0.2) is 4.39 Å². The van der Waals surface area contributed by atoms with Crippen LogP contribution in [0.2, 0.25) is 0 Å². The Morgan fingerprint density at radius 1 is 1.41 bits per heavy atom. The molecule has 0 bridgehead atoms. The Balaban J connectivity index is 2.33. The average Bonchev–Trinajstić information content (AvgIpc) is 2.30. The SMILES string of the molecule is COc1cccc(C2=CCC(C)(N)CC2)c1F. The molecule has 0 aliphatic heterocycles. The molecule has 0 saturated heterocycles. The Morgan fingerprint density at radius 2 is 2.18 bits per heavy atom. The van der Waals surface area contributed by atoms with Crippen molar-refractivity contribution in [3.63, 3.8) is 0 Å². The van der Waals surface area contributed by atoms with Gasteiger partial charge in [0.2, 0.25) is 0 Å². The molecule has 2 nitrogen and oxygen atoms in total. The van der Waals surface area contributed by atoms with E-state index >= 15 is 0 Å². The fourth-order valence-corrected chi connectivity index (χ4v) is 2.14. The molecule has 0 spiro atoms. The standard InChI is InChI=1S/C14H18FNO/c1-14(16)8-6-10(7-9-14)11-4-3-5-12(17-2)13(11)15/h3-6H,7-9,16H2,1-2H3. The van der Waals surface area contributed by atoms with E-state index in [1.165, 1.54) is 7.11 Å². The number of hydrogen-bond donors (Lipinski definition) is 1. The molecule has 0 fully saturated rings. The maximum absolute atomic E-state index is 14.1. The lowest BCUT2D eigenvalue weighted by molar-refractivity contribution is 0.385. The van der Waals surface area contributed by atoms with Crippen LogP contribution in [0.3, 0.4) is 0 Å². The molecular formula is C14H18FNO. The van der Waals surface area contributed by atoms with Gasteiger partial charge >= 0.3 is 0 Å². The summed E-state index contributed by atoms with van der Waals surface area (Å²) in [6.07, 6.45) is 4.53. The first kappa shape index (κ1) is 12.1. The molecule has 1 aromatic rings. The number of nitrogens with two attached hydrogens (primary N) is 1. The maximum atomic E-state index is 14.1. The Morgan fingerprint density at radius 3 is 2.76 bits per heavy atom. The second-order valence-electron chi connectivity index (χ2n) is 4.91.